The smallest absolute Gasteiger partial charge is 0.193 e. The summed E-state index contributed by atoms with van der Waals surface area (Å²) in [5.41, 5.74) is 1.39. The van der Waals surface area contributed by atoms with Gasteiger partial charge >= 0.3 is 0 Å². The van der Waals surface area contributed by atoms with Crippen molar-refractivity contribution in [2.24, 2.45) is 4.99 Å². The zero-order valence-corrected chi connectivity index (χ0v) is 15.3. The Morgan fingerprint density at radius 1 is 1.24 bits per heavy atom. The summed E-state index contributed by atoms with van der Waals surface area (Å²) >= 11 is 3.58. The number of guanidine groups is 1. The van der Waals surface area contributed by atoms with Crippen molar-refractivity contribution in [3.63, 3.8) is 0 Å². The molecule has 0 aliphatic rings. The van der Waals surface area contributed by atoms with E-state index in [1.165, 1.54) is 5.56 Å². The van der Waals surface area contributed by atoms with Crippen molar-refractivity contribution in [3.8, 4) is 0 Å². The van der Waals surface area contributed by atoms with E-state index in [0.29, 0.717) is 0 Å². The second-order valence-electron chi connectivity index (χ2n) is 6.10. The predicted octanol–water partition coefficient (Wildman–Crippen LogP) is 2.84. The van der Waals surface area contributed by atoms with Crippen LogP contribution in [0.5, 0.6) is 0 Å². The molecule has 0 fully saturated rings. The number of nitrogens with zero attached hydrogens (tertiary/aromatic N) is 2. The van der Waals surface area contributed by atoms with Crippen molar-refractivity contribution in [2.45, 2.75) is 32.9 Å². The largest absolute Gasteiger partial charge is 0.355 e. The zero-order chi connectivity index (χ0) is 15.9. The first-order valence-electron chi connectivity index (χ1n) is 7.23. The van der Waals surface area contributed by atoms with Crippen LogP contribution in [-0.2, 0) is 6.54 Å². The molecule has 0 amide bonds. The summed E-state index contributed by atoms with van der Waals surface area (Å²) in [7, 11) is 3.86. The first kappa shape index (κ1) is 18.0. The molecule has 0 aliphatic carbocycles. The molecule has 0 saturated carbocycles. The van der Waals surface area contributed by atoms with Crippen molar-refractivity contribution in [1.29, 1.82) is 0 Å². The fraction of sp³-hybridized carbons (Fsp3) is 0.562. The van der Waals surface area contributed by atoms with Crippen LogP contribution in [0.25, 0.3) is 0 Å². The third-order valence-electron chi connectivity index (χ3n) is 3.00. The second kappa shape index (κ2) is 8.39. The summed E-state index contributed by atoms with van der Waals surface area (Å²) in [4.78, 5) is 6.46. The van der Waals surface area contributed by atoms with E-state index in [1.807, 2.05) is 20.2 Å². The van der Waals surface area contributed by atoms with Crippen LogP contribution in [0, 0.1) is 0 Å². The molecule has 0 aromatic heterocycles. The minimum atomic E-state index is 0.145. The summed E-state index contributed by atoms with van der Waals surface area (Å²) in [5.74, 6) is 0.904. The van der Waals surface area contributed by atoms with Crippen molar-refractivity contribution < 1.29 is 0 Å². The van der Waals surface area contributed by atoms with E-state index in [9.17, 15) is 0 Å². The van der Waals surface area contributed by atoms with Crippen molar-refractivity contribution in [2.75, 3.05) is 27.2 Å². The van der Waals surface area contributed by atoms with Gasteiger partial charge in [0.1, 0.15) is 0 Å². The molecular formula is C16H27BrN4. The Labute approximate surface area is 137 Å². The van der Waals surface area contributed by atoms with E-state index in [2.05, 4.69) is 75.4 Å². The SMILES string of the molecule is CN=C(NCCNC(C)(C)C)N(C)Cc1ccccc1Br. The van der Waals surface area contributed by atoms with Crippen molar-refractivity contribution >= 4 is 21.9 Å². The number of benzene rings is 1. The first-order valence-corrected chi connectivity index (χ1v) is 8.03. The Bertz CT molecular complexity index is 466. The van der Waals surface area contributed by atoms with Crippen LogP contribution in [0.3, 0.4) is 0 Å². The number of rotatable bonds is 5. The van der Waals surface area contributed by atoms with Crippen molar-refractivity contribution in [3.05, 3.63) is 34.3 Å². The molecule has 0 spiro atoms. The van der Waals surface area contributed by atoms with Gasteiger partial charge in [0.15, 0.2) is 5.96 Å². The van der Waals surface area contributed by atoms with Gasteiger partial charge in [-0.3, -0.25) is 4.99 Å². The molecular weight excluding hydrogens is 328 g/mol. The van der Waals surface area contributed by atoms with E-state index < -0.39 is 0 Å². The van der Waals surface area contributed by atoms with E-state index in [-0.39, 0.29) is 5.54 Å². The Morgan fingerprint density at radius 2 is 1.90 bits per heavy atom. The number of nitrogens with one attached hydrogen (secondary N) is 2. The Balaban J connectivity index is 2.47. The lowest BCUT2D eigenvalue weighted by atomic mass is 10.1. The maximum absolute atomic E-state index is 4.34. The molecule has 118 valence electrons. The molecule has 0 bridgehead atoms. The molecule has 5 heteroatoms. The zero-order valence-electron chi connectivity index (χ0n) is 13.7. The van der Waals surface area contributed by atoms with Crippen LogP contribution in [0.4, 0.5) is 0 Å². The molecule has 2 N–H and O–H groups in total. The molecule has 1 aromatic carbocycles. The van der Waals surface area contributed by atoms with Gasteiger partial charge in [-0.1, -0.05) is 34.1 Å². The van der Waals surface area contributed by atoms with Crippen LogP contribution in [0.2, 0.25) is 0 Å². The van der Waals surface area contributed by atoms with Gasteiger partial charge in [-0.2, -0.15) is 0 Å². The monoisotopic (exact) mass is 354 g/mol. The fourth-order valence-electron chi connectivity index (χ4n) is 1.95. The van der Waals surface area contributed by atoms with Crippen molar-refractivity contribution in [1.82, 2.24) is 15.5 Å². The molecule has 0 heterocycles. The highest BCUT2D eigenvalue weighted by Crippen LogP contribution is 2.17. The molecule has 1 aromatic rings. The number of hydrogen-bond acceptors (Lipinski definition) is 2. The van der Waals surface area contributed by atoms with Crippen LogP contribution >= 0.6 is 15.9 Å². The van der Waals surface area contributed by atoms with Crippen LogP contribution in [0.1, 0.15) is 26.3 Å². The maximum Gasteiger partial charge on any atom is 0.193 e. The average Bonchev–Trinajstić information content (AvgIpc) is 2.40. The van der Waals surface area contributed by atoms with Gasteiger partial charge in [0, 0.05) is 43.7 Å². The second-order valence-corrected chi connectivity index (χ2v) is 6.95. The number of hydrogen-bond donors (Lipinski definition) is 2. The van der Waals surface area contributed by atoms with Crippen LogP contribution in [0.15, 0.2) is 33.7 Å². The Morgan fingerprint density at radius 3 is 2.48 bits per heavy atom. The van der Waals surface area contributed by atoms with Gasteiger partial charge in [-0.25, -0.2) is 0 Å². The highest BCUT2D eigenvalue weighted by molar-refractivity contribution is 9.10. The quantitative estimate of drug-likeness (QED) is 0.485. The predicted molar refractivity (Wildman–Crippen MR) is 94.7 cm³/mol. The van der Waals surface area contributed by atoms with Gasteiger partial charge in [-0.05, 0) is 32.4 Å². The Hall–Kier alpha value is -1.07. The fourth-order valence-corrected chi connectivity index (χ4v) is 2.36. The lowest BCUT2D eigenvalue weighted by molar-refractivity contribution is 0.422. The van der Waals surface area contributed by atoms with Crippen LogP contribution in [-0.4, -0.2) is 43.6 Å². The summed E-state index contributed by atoms with van der Waals surface area (Å²) in [5, 5.41) is 6.84. The standard InChI is InChI=1S/C16H27BrN4/c1-16(2,3)20-11-10-19-15(18-4)21(5)12-13-8-6-7-9-14(13)17/h6-9,20H,10-12H2,1-5H3,(H,18,19). The van der Waals surface area contributed by atoms with E-state index in [0.717, 1.165) is 30.1 Å². The summed E-state index contributed by atoms with van der Waals surface area (Å²) in [6.45, 7) is 9.08. The molecule has 0 unspecified atom stereocenters. The molecule has 0 aliphatic heterocycles. The molecule has 0 atom stereocenters. The van der Waals surface area contributed by atoms with Gasteiger partial charge in [-0.15, -0.1) is 0 Å². The molecule has 4 nitrogen and oxygen atoms in total. The summed E-state index contributed by atoms with van der Waals surface area (Å²) < 4.78 is 1.13. The van der Waals surface area contributed by atoms with E-state index >= 15 is 0 Å². The normalized spacial score (nSPS) is 12.4. The van der Waals surface area contributed by atoms with Gasteiger partial charge in [0.05, 0.1) is 0 Å². The summed E-state index contributed by atoms with van der Waals surface area (Å²) in [6, 6.07) is 8.26. The lowest BCUT2D eigenvalue weighted by Gasteiger charge is -2.24. The van der Waals surface area contributed by atoms with Crippen LogP contribution < -0.4 is 10.6 Å². The highest BCUT2D eigenvalue weighted by atomic mass is 79.9. The Kier molecular flexibility index (Phi) is 7.18. The third-order valence-corrected chi connectivity index (χ3v) is 3.78. The van der Waals surface area contributed by atoms with Gasteiger partial charge < -0.3 is 15.5 Å². The van der Waals surface area contributed by atoms with E-state index in [1.54, 1.807) is 0 Å². The molecule has 0 radical (unpaired) electrons. The van der Waals surface area contributed by atoms with Gasteiger partial charge in [0.2, 0.25) is 0 Å². The maximum atomic E-state index is 4.34. The molecule has 21 heavy (non-hydrogen) atoms. The van der Waals surface area contributed by atoms with Gasteiger partial charge in [0.25, 0.3) is 0 Å². The minimum Gasteiger partial charge on any atom is -0.355 e. The minimum absolute atomic E-state index is 0.145. The number of halogens is 1. The lowest BCUT2D eigenvalue weighted by Crippen LogP contribution is -2.44. The third kappa shape index (κ3) is 6.96. The highest BCUT2D eigenvalue weighted by Gasteiger charge is 2.10. The summed E-state index contributed by atoms with van der Waals surface area (Å²) in [6.07, 6.45) is 0. The molecule has 1 rings (SSSR count). The number of aliphatic imine (C=N–C) groups is 1. The topological polar surface area (TPSA) is 39.7 Å². The average molecular weight is 355 g/mol. The van der Waals surface area contributed by atoms with E-state index in [4.69, 9.17) is 0 Å². The molecule has 0 saturated heterocycles. The first-order chi connectivity index (χ1) is 9.83.